The van der Waals surface area contributed by atoms with Crippen molar-refractivity contribution in [1.82, 2.24) is 0 Å². The molecule has 0 saturated carbocycles. The summed E-state index contributed by atoms with van der Waals surface area (Å²) in [5.74, 6) is 0. The van der Waals surface area contributed by atoms with Gasteiger partial charge in [-0.25, -0.2) is 12.1 Å². The van der Waals surface area contributed by atoms with Gasteiger partial charge in [0.05, 0.1) is 0 Å². The average Bonchev–Trinajstić information content (AvgIpc) is 3.71. The summed E-state index contributed by atoms with van der Waals surface area (Å²) >= 11 is 0.729. The summed E-state index contributed by atoms with van der Waals surface area (Å²) in [4.78, 5) is 0. The third-order valence-corrected chi connectivity index (χ3v) is 9.40. The van der Waals surface area contributed by atoms with E-state index >= 15 is 0 Å². The Bertz CT molecular complexity index is 1720. The molecule has 50 heavy (non-hydrogen) atoms. The molecule has 0 spiro atoms. The third-order valence-electron chi connectivity index (χ3n) is 7.98. The maximum absolute atomic E-state index is 12.7. The molecule has 5 aromatic rings. The quantitative estimate of drug-likeness (QED) is 0.151. The Kier molecular flexibility index (Phi) is 14.8. The van der Waals surface area contributed by atoms with Crippen molar-refractivity contribution < 1.29 is 75.4 Å². The van der Waals surface area contributed by atoms with E-state index in [0.717, 1.165) is 54.9 Å². The van der Waals surface area contributed by atoms with E-state index in [-0.39, 0.29) is 46.8 Å². The third kappa shape index (κ3) is 11.3. The normalized spacial score (nSPS) is 12.1. The minimum Gasteiger partial charge on any atom is -1.00 e. The van der Waals surface area contributed by atoms with Gasteiger partial charge < -0.3 is 24.8 Å². The van der Waals surface area contributed by atoms with Gasteiger partial charge in [0, 0.05) is 0 Å². The second-order valence-electron chi connectivity index (χ2n) is 13.8. The Morgan fingerprint density at radius 3 is 1.52 bits per heavy atom. The fourth-order valence-electron chi connectivity index (χ4n) is 5.22. The number of rotatable bonds is 2. The predicted molar refractivity (Wildman–Crippen MR) is 179 cm³/mol. The number of alkyl halides is 6. The fourth-order valence-corrected chi connectivity index (χ4v) is 5.98. The first-order valence-corrected chi connectivity index (χ1v) is 16.8. The maximum atomic E-state index is 12.7. The molecule has 0 fully saturated rings. The van der Waals surface area contributed by atoms with E-state index in [1.807, 2.05) is 30.3 Å². The molecule has 1 aliphatic carbocycles. The predicted octanol–water partition coefficient (Wildman–Crippen LogP) is 5.91. The minimum absolute atomic E-state index is 0. The summed E-state index contributed by atoms with van der Waals surface area (Å²) in [7, 11) is 0. The van der Waals surface area contributed by atoms with Gasteiger partial charge in [0.25, 0.3) is 0 Å². The van der Waals surface area contributed by atoms with Crippen molar-refractivity contribution in [2.45, 2.75) is 71.1 Å². The largest absolute Gasteiger partial charge is 1.00 e. The number of benzene rings is 4. The van der Waals surface area contributed by atoms with Crippen molar-refractivity contribution in [2.75, 3.05) is 0 Å². The van der Waals surface area contributed by atoms with Crippen LogP contribution >= 0.6 is 0 Å². The summed E-state index contributed by atoms with van der Waals surface area (Å²) in [6, 6.07) is 34.3. The van der Waals surface area contributed by atoms with Crippen molar-refractivity contribution in [3.05, 3.63) is 160 Å². The van der Waals surface area contributed by atoms with Crippen LogP contribution in [0.5, 0.6) is 0 Å². The Balaban J connectivity index is 0.000000293. The van der Waals surface area contributed by atoms with Gasteiger partial charge in [-0.1, -0.05) is 65.3 Å². The number of hydrogen-bond acceptors (Lipinski definition) is 0. The molecule has 0 aliphatic heterocycles. The molecule has 0 nitrogen and oxygen atoms in total. The second-order valence-corrected chi connectivity index (χ2v) is 15.0. The number of hydrogen-bond donors (Lipinski definition) is 0. The van der Waals surface area contributed by atoms with E-state index in [9.17, 15) is 26.3 Å². The van der Waals surface area contributed by atoms with E-state index in [0.29, 0.717) is 3.21 Å². The van der Waals surface area contributed by atoms with Gasteiger partial charge in [-0.15, -0.1) is 11.1 Å². The van der Waals surface area contributed by atoms with Crippen molar-refractivity contribution in [3.63, 3.8) is 0 Å². The van der Waals surface area contributed by atoms with Crippen LogP contribution in [0.1, 0.15) is 86.1 Å². The SMILES string of the molecule is CC(C)(C)c1[c-]c2c(cc1)-c1ccc(C(C)(C)C)cc1C2.FC(F)(F)c1cccc([C](=[Zr+2])c2cccc(C(F)(F)F)c2)c1.[Cl-].[Cl-].c1cc[cH-]c1. The van der Waals surface area contributed by atoms with Crippen LogP contribution in [0, 0.1) is 6.07 Å². The zero-order valence-corrected chi connectivity index (χ0v) is 32.6. The van der Waals surface area contributed by atoms with Gasteiger partial charge in [0.2, 0.25) is 0 Å². The molecular formula is C41H38Cl2F6Zr-2. The Morgan fingerprint density at radius 2 is 1.10 bits per heavy atom. The second kappa shape index (κ2) is 17.1. The van der Waals surface area contributed by atoms with Crippen molar-refractivity contribution in [1.29, 1.82) is 0 Å². The Hall–Kier alpha value is -2.86. The Labute approximate surface area is 318 Å². The zero-order valence-electron chi connectivity index (χ0n) is 28.6. The van der Waals surface area contributed by atoms with Gasteiger partial charge >= 0.3 is 137 Å². The van der Waals surface area contributed by atoms with Crippen LogP contribution in [-0.4, -0.2) is 3.21 Å². The molecule has 0 N–H and O–H groups in total. The van der Waals surface area contributed by atoms with Crippen LogP contribution < -0.4 is 24.8 Å². The van der Waals surface area contributed by atoms with Crippen LogP contribution in [0.2, 0.25) is 0 Å². The topological polar surface area (TPSA) is 0 Å². The molecule has 6 rings (SSSR count). The number of halogens is 8. The summed E-state index contributed by atoms with van der Waals surface area (Å²) in [5, 5.41) is 0. The van der Waals surface area contributed by atoms with Crippen LogP contribution in [0.3, 0.4) is 0 Å². The molecular weight excluding hydrogens is 769 g/mol. The monoisotopic (exact) mass is 804 g/mol. The van der Waals surface area contributed by atoms with Gasteiger partial charge in [-0.2, -0.15) is 42.0 Å². The summed E-state index contributed by atoms with van der Waals surface area (Å²) < 4.78 is 76.7. The van der Waals surface area contributed by atoms with Gasteiger partial charge in [-0.3, -0.25) is 0 Å². The Morgan fingerprint density at radius 1 is 0.600 bits per heavy atom. The van der Waals surface area contributed by atoms with E-state index < -0.39 is 23.5 Å². The summed E-state index contributed by atoms with van der Waals surface area (Å²) in [5.41, 5.74) is 7.60. The molecule has 0 radical (unpaired) electrons. The molecule has 0 unspecified atom stereocenters. The molecule has 5 aromatic carbocycles. The van der Waals surface area contributed by atoms with Gasteiger partial charge in [-0.05, 0) is 28.4 Å². The molecule has 0 heterocycles. The number of fused-ring (bicyclic) bond motifs is 3. The van der Waals surface area contributed by atoms with Crippen LogP contribution in [0.4, 0.5) is 26.3 Å². The van der Waals surface area contributed by atoms with Crippen LogP contribution in [-0.2, 0) is 53.8 Å². The van der Waals surface area contributed by atoms with E-state index in [1.165, 1.54) is 57.6 Å². The molecule has 0 atom stereocenters. The van der Waals surface area contributed by atoms with Crippen molar-refractivity contribution >= 4 is 3.21 Å². The summed E-state index contributed by atoms with van der Waals surface area (Å²) in [6.07, 6.45) is -7.95. The standard InChI is InChI=1S/C21H25.C15H8F6.C5H5.2ClH.Zr/c1-20(2,3)16-7-9-18-14(12-16)11-15-13-17(21(4,5)6)8-10-19(15)18;16-14(17,18)12-5-1-3-10(8-12)7-11-4-2-6-13(9-11)15(19,20)21;1-2-4-5-3-1;;;/h7-10,12H,11H2,1-6H3;1-6,8-9H;1-5H;2*1H;/q-1;;-1;;;+2/p-2. The molecule has 0 aromatic heterocycles. The fraction of sp³-hybridized carbons (Fsp3) is 0.268. The zero-order chi connectivity index (χ0) is 35.5. The van der Waals surface area contributed by atoms with Gasteiger partial charge in [0.1, 0.15) is 0 Å². The summed E-state index contributed by atoms with van der Waals surface area (Å²) in [6.45, 7) is 13.6. The molecule has 1 aliphatic rings. The molecule has 9 heteroatoms. The molecule has 0 bridgehead atoms. The first-order valence-electron chi connectivity index (χ1n) is 15.5. The van der Waals surface area contributed by atoms with Gasteiger partial charge in [0.15, 0.2) is 0 Å². The molecule has 264 valence electrons. The average molecular weight is 807 g/mol. The van der Waals surface area contributed by atoms with Crippen LogP contribution in [0.25, 0.3) is 11.1 Å². The van der Waals surface area contributed by atoms with E-state index in [4.69, 9.17) is 0 Å². The van der Waals surface area contributed by atoms with Crippen LogP contribution in [0.15, 0.2) is 109 Å². The molecule has 0 saturated heterocycles. The smallest absolute Gasteiger partial charge is 0.172 e. The van der Waals surface area contributed by atoms with Crippen molar-refractivity contribution in [3.8, 4) is 11.1 Å². The molecule has 0 amide bonds. The van der Waals surface area contributed by atoms with E-state index in [1.54, 1.807) is 0 Å². The maximum Gasteiger partial charge on any atom is -0.172 e. The van der Waals surface area contributed by atoms with E-state index in [2.05, 4.69) is 77.9 Å². The first-order chi connectivity index (χ1) is 22.2. The van der Waals surface area contributed by atoms with Crippen molar-refractivity contribution in [2.24, 2.45) is 0 Å². The minimum atomic E-state index is -4.49. The first kappa shape index (κ1) is 43.3.